The van der Waals surface area contributed by atoms with Gasteiger partial charge in [-0.15, -0.1) is 0 Å². The smallest absolute Gasteiger partial charge is 0.254 e. The Kier molecular flexibility index (Phi) is 7.46. The van der Waals surface area contributed by atoms with Crippen LogP contribution < -0.4 is 0 Å². The van der Waals surface area contributed by atoms with Gasteiger partial charge in [-0.1, -0.05) is 18.6 Å². The highest BCUT2D eigenvalue weighted by Gasteiger charge is 2.31. The molecule has 2 aliphatic heterocycles. The van der Waals surface area contributed by atoms with Gasteiger partial charge in [0, 0.05) is 37.8 Å². The quantitative estimate of drug-likeness (QED) is 0.603. The van der Waals surface area contributed by atoms with Crippen LogP contribution in [0.3, 0.4) is 0 Å². The van der Waals surface area contributed by atoms with Crippen LogP contribution in [0, 0.1) is 5.82 Å². The molecule has 2 atom stereocenters. The summed E-state index contributed by atoms with van der Waals surface area (Å²) >= 11 is 0. The van der Waals surface area contributed by atoms with E-state index in [9.17, 15) is 17.6 Å². The van der Waals surface area contributed by atoms with Crippen LogP contribution >= 0.6 is 0 Å². The van der Waals surface area contributed by atoms with Crippen molar-refractivity contribution in [1.29, 1.82) is 0 Å². The molecule has 0 saturated carbocycles. The number of nitrogens with zero attached hydrogens (tertiary/aromatic N) is 2. The van der Waals surface area contributed by atoms with E-state index in [1.54, 1.807) is 33.5 Å². The van der Waals surface area contributed by atoms with E-state index in [-0.39, 0.29) is 35.3 Å². The van der Waals surface area contributed by atoms with Crippen molar-refractivity contribution in [3.8, 4) is 0 Å². The number of carbonyl (C=O) groups is 1. The Morgan fingerprint density at radius 2 is 1.91 bits per heavy atom. The maximum Gasteiger partial charge on any atom is 0.254 e. The first-order valence-corrected chi connectivity index (χ1v) is 13.1. The lowest BCUT2D eigenvalue weighted by atomic mass is 10.1. The van der Waals surface area contributed by atoms with Crippen molar-refractivity contribution in [2.24, 2.45) is 0 Å². The molecule has 2 unspecified atom stereocenters. The number of rotatable bonds is 7. The predicted octanol–water partition coefficient (Wildman–Crippen LogP) is 4.21. The van der Waals surface area contributed by atoms with Crippen molar-refractivity contribution in [3.05, 3.63) is 65.5 Å². The maximum absolute atomic E-state index is 13.7. The van der Waals surface area contributed by atoms with Crippen LogP contribution in [0.15, 0.2) is 53.4 Å². The summed E-state index contributed by atoms with van der Waals surface area (Å²) in [7, 11) is -3.60. The van der Waals surface area contributed by atoms with Gasteiger partial charge in [0.05, 0.1) is 11.0 Å². The van der Waals surface area contributed by atoms with Crippen molar-refractivity contribution in [1.82, 2.24) is 9.21 Å². The molecule has 4 rings (SSSR count). The van der Waals surface area contributed by atoms with Gasteiger partial charge in [-0.2, -0.15) is 4.31 Å². The Balaban J connectivity index is 1.54. The summed E-state index contributed by atoms with van der Waals surface area (Å²) < 4.78 is 47.2. The number of halogens is 1. The van der Waals surface area contributed by atoms with Gasteiger partial charge >= 0.3 is 0 Å². The summed E-state index contributed by atoms with van der Waals surface area (Å²) in [5, 5.41) is 0. The average molecular weight is 475 g/mol. The molecule has 2 heterocycles. The van der Waals surface area contributed by atoms with Gasteiger partial charge in [-0.05, 0) is 74.6 Å². The molecule has 1 amide bonds. The van der Waals surface area contributed by atoms with Gasteiger partial charge in [0.1, 0.15) is 5.82 Å². The Bertz CT molecular complexity index is 1070. The van der Waals surface area contributed by atoms with Crippen LogP contribution in [-0.2, 0) is 21.3 Å². The summed E-state index contributed by atoms with van der Waals surface area (Å²) in [5.74, 6) is -0.580. The van der Waals surface area contributed by atoms with E-state index >= 15 is 0 Å². The van der Waals surface area contributed by atoms with Crippen LogP contribution in [-0.4, -0.2) is 55.4 Å². The first-order valence-electron chi connectivity index (χ1n) is 11.6. The molecule has 2 saturated heterocycles. The topological polar surface area (TPSA) is 66.9 Å². The molecule has 2 aromatic rings. The molecule has 178 valence electrons. The Morgan fingerprint density at radius 1 is 1.12 bits per heavy atom. The average Bonchev–Trinajstić information content (AvgIpc) is 3.32. The second-order valence-corrected chi connectivity index (χ2v) is 10.8. The van der Waals surface area contributed by atoms with Gasteiger partial charge in [0.15, 0.2) is 0 Å². The van der Waals surface area contributed by atoms with Crippen LogP contribution in [0.2, 0.25) is 0 Å². The second kappa shape index (κ2) is 10.3. The Morgan fingerprint density at radius 3 is 2.58 bits per heavy atom. The molecule has 6 nitrogen and oxygen atoms in total. The number of amides is 1. The third kappa shape index (κ3) is 5.62. The van der Waals surface area contributed by atoms with Crippen molar-refractivity contribution in [3.63, 3.8) is 0 Å². The molecule has 0 aromatic heterocycles. The monoisotopic (exact) mass is 474 g/mol. The van der Waals surface area contributed by atoms with Gasteiger partial charge in [-0.3, -0.25) is 4.79 Å². The lowest BCUT2D eigenvalue weighted by Crippen LogP contribution is -2.41. The van der Waals surface area contributed by atoms with Crippen LogP contribution in [0.4, 0.5) is 4.39 Å². The van der Waals surface area contributed by atoms with Crippen LogP contribution in [0.25, 0.3) is 0 Å². The molecule has 2 aliphatic rings. The number of sulfonamides is 1. The van der Waals surface area contributed by atoms with E-state index < -0.39 is 10.0 Å². The number of carbonyl (C=O) groups excluding carboxylic acids is 1. The minimum absolute atomic E-state index is 0.0294. The van der Waals surface area contributed by atoms with Gasteiger partial charge in [0.25, 0.3) is 5.91 Å². The predicted molar refractivity (Wildman–Crippen MR) is 124 cm³/mol. The van der Waals surface area contributed by atoms with E-state index in [0.29, 0.717) is 30.8 Å². The molecular weight excluding hydrogens is 443 g/mol. The number of hydrogen-bond donors (Lipinski definition) is 0. The molecule has 0 spiro atoms. The first-order chi connectivity index (χ1) is 15.8. The van der Waals surface area contributed by atoms with Gasteiger partial charge < -0.3 is 9.64 Å². The maximum atomic E-state index is 13.7. The SMILES string of the molecule is CC1CCCCN1S(=O)(=O)c1ccc(C(=O)N(Cc2cccc(F)c2)CC2CCCO2)cc1. The molecular formula is C25H31FN2O4S. The molecule has 8 heteroatoms. The van der Waals surface area contributed by atoms with Gasteiger partial charge in [-0.25, -0.2) is 12.8 Å². The summed E-state index contributed by atoms with van der Waals surface area (Å²) in [4.78, 5) is 15.2. The van der Waals surface area contributed by atoms with Crippen LogP contribution in [0.5, 0.6) is 0 Å². The van der Waals surface area contributed by atoms with Crippen molar-refractivity contribution in [2.75, 3.05) is 19.7 Å². The number of benzene rings is 2. The molecule has 33 heavy (non-hydrogen) atoms. The zero-order valence-corrected chi connectivity index (χ0v) is 19.8. The van der Waals surface area contributed by atoms with E-state index in [4.69, 9.17) is 4.74 Å². The summed E-state index contributed by atoms with van der Waals surface area (Å²) in [6.45, 7) is 3.79. The van der Waals surface area contributed by atoms with E-state index in [1.165, 1.54) is 24.3 Å². The van der Waals surface area contributed by atoms with Gasteiger partial charge in [0.2, 0.25) is 10.0 Å². The third-order valence-electron chi connectivity index (χ3n) is 6.45. The highest BCUT2D eigenvalue weighted by molar-refractivity contribution is 7.89. The highest BCUT2D eigenvalue weighted by atomic mass is 32.2. The molecule has 2 aromatic carbocycles. The number of ether oxygens (including phenoxy) is 1. The lowest BCUT2D eigenvalue weighted by molar-refractivity contribution is 0.0507. The van der Waals surface area contributed by atoms with Crippen molar-refractivity contribution < 1.29 is 22.3 Å². The standard InChI is InChI=1S/C25H31FN2O4S/c1-19-6-2-3-14-28(19)33(30,31)24-12-10-21(11-13-24)25(29)27(18-23-9-5-15-32-23)17-20-7-4-8-22(26)16-20/h4,7-8,10-13,16,19,23H,2-3,5-6,9,14-15,17-18H2,1H3. The Labute approximate surface area is 195 Å². The second-order valence-electron chi connectivity index (χ2n) is 8.94. The van der Waals surface area contributed by atoms with E-state index in [0.717, 1.165) is 32.1 Å². The van der Waals surface area contributed by atoms with E-state index in [1.807, 2.05) is 6.92 Å². The fourth-order valence-electron chi connectivity index (χ4n) is 4.63. The number of piperidine rings is 1. The largest absolute Gasteiger partial charge is 0.376 e. The summed E-state index contributed by atoms with van der Waals surface area (Å²) in [5.41, 5.74) is 1.09. The highest BCUT2D eigenvalue weighted by Crippen LogP contribution is 2.26. The minimum Gasteiger partial charge on any atom is -0.376 e. The minimum atomic E-state index is -3.60. The zero-order valence-electron chi connectivity index (χ0n) is 19.0. The van der Waals surface area contributed by atoms with Crippen LogP contribution in [0.1, 0.15) is 54.9 Å². The first kappa shape index (κ1) is 23.9. The van der Waals surface area contributed by atoms with Crippen molar-refractivity contribution >= 4 is 15.9 Å². The molecule has 0 aliphatic carbocycles. The molecule has 2 fully saturated rings. The molecule has 0 bridgehead atoms. The fourth-order valence-corrected chi connectivity index (χ4v) is 6.32. The third-order valence-corrected chi connectivity index (χ3v) is 8.48. The normalized spacial score (nSPS) is 21.8. The zero-order chi connectivity index (χ0) is 23.4. The summed E-state index contributed by atoms with van der Waals surface area (Å²) in [6.07, 6.45) is 4.52. The Hall–Kier alpha value is -2.29. The lowest BCUT2D eigenvalue weighted by Gasteiger charge is -2.32. The number of hydrogen-bond acceptors (Lipinski definition) is 4. The fraction of sp³-hybridized carbons (Fsp3) is 0.480. The summed E-state index contributed by atoms with van der Waals surface area (Å²) in [6, 6.07) is 12.3. The van der Waals surface area contributed by atoms with E-state index in [2.05, 4.69) is 0 Å². The molecule has 0 radical (unpaired) electrons. The van der Waals surface area contributed by atoms with Crippen molar-refractivity contribution in [2.45, 2.75) is 62.6 Å². The molecule has 0 N–H and O–H groups in total.